The number of nitrogens with one attached hydrogen (secondary N) is 2. The van der Waals surface area contributed by atoms with Gasteiger partial charge >= 0.3 is 6.09 Å². The SMILES string of the molecule is CN(CCCC(=O)[C@H](CCCN=C(N)NP)NCP)C(=O)Oc1ccc2c3c1O[C@H]1C(=O)CC[C@@]4(C)[C@@H](C2)N(C)CC[C@]314. The number of nitrogens with two attached hydrogens (primary N) is 1. The van der Waals surface area contributed by atoms with E-state index in [9.17, 15) is 14.4 Å². The number of ether oxygens (including phenoxy) is 2. The topological polar surface area (TPSA) is 139 Å². The van der Waals surface area contributed by atoms with Crippen molar-refractivity contribution >= 4 is 42.2 Å². The number of Topliss-reactive ketones (excluding diaryl/α,β-unsaturated/α-hetero) is 2. The highest BCUT2D eigenvalue weighted by Gasteiger charge is 2.71. The van der Waals surface area contributed by atoms with E-state index in [2.05, 4.69) is 59.0 Å². The van der Waals surface area contributed by atoms with Crippen LogP contribution in [0.5, 0.6) is 11.5 Å². The van der Waals surface area contributed by atoms with Crippen molar-refractivity contribution < 1.29 is 23.9 Å². The maximum atomic E-state index is 13.3. The van der Waals surface area contributed by atoms with Crippen LogP contribution in [-0.4, -0.2) is 91.6 Å². The molecule has 1 amide bonds. The van der Waals surface area contributed by atoms with Gasteiger partial charge in [0.2, 0.25) is 0 Å². The van der Waals surface area contributed by atoms with Gasteiger partial charge in [-0.25, -0.2) is 4.79 Å². The Balaban J connectivity index is 1.22. The third-order valence-corrected chi connectivity index (χ3v) is 10.9. The van der Waals surface area contributed by atoms with Crippen LogP contribution in [0.15, 0.2) is 17.1 Å². The van der Waals surface area contributed by atoms with Crippen molar-refractivity contribution in [1.29, 1.82) is 0 Å². The Kier molecular flexibility index (Phi) is 9.67. The fourth-order valence-corrected chi connectivity index (χ4v) is 8.43. The molecule has 1 aromatic rings. The molecular formula is C30H46N6O5P2. The molecule has 2 aliphatic heterocycles. The van der Waals surface area contributed by atoms with E-state index in [1.165, 1.54) is 10.5 Å². The van der Waals surface area contributed by atoms with Crippen molar-refractivity contribution in [3.05, 3.63) is 23.3 Å². The Labute approximate surface area is 258 Å². The summed E-state index contributed by atoms with van der Waals surface area (Å²) in [5.41, 5.74) is 7.45. The number of rotatable bonds is 12. The summed E-state index contributed by atoms with van der Waals surface area (Å²) in [6.45, 7) is 4.14. The number of amides is 1. The van der Waals surface area contributed by atoms with Crippen LogP contribution in [-0.2, 0) is 21.4 Å². The zero-order chi connectivity index (χ0) is 30.9. The van der Waals surface area contributed by atoms with Crippen LogP contribution in [0.1, 0.15) is 63.0 Å². The van der Waals surface area contributed by atoms with E-state index in [-0.39, 0.29) is 28.4 Å². The Morgan fingerprint density at radius 3 is 2.86 bits per heavy atom. The number of likely N-dealkylation sites (N-methyl/N-ethyl adjacent to an activating group) is 1. The molecule has 11 nitrogen and oxygen atoms in total. The molecule has 0 aromatic heterocycles. The highest BCUT2D eigenvalue weighted by Crippen LogP contribution is 2.68. The molecule has 1 aromatic carbocycles. The highest BCUT2D eigenvalue weighted by molar-refractivity contribution is 7.16. The molecule has 2 heterocycles. The van der Waals surface area contributed by atoms with Gasteiger partial charge in [-0.15, -0.1) is 9.24 Å². The number of ketones is 2. The lowest BCUT2D eigenvalue weighted by Gasteiger charge is -2.63. The van der Waals surface area contributed by atoms with Crippen LogP contribution in [0.2, 0.25) is 0 Å². The second kappa shape index (κ2) is 13.0. The number of carbonyl (C=O) groups excluding carboxylic acids is 3. The zero-order valence-corrected chi connectivity index (χ0v) is 27.8. The molecule has 4 N–H and O–H groups in total. The lowest BCUT2D eigenvalue weighted by molar-refractivity contribution is -0.150. The molecule has 236 valence electrons. The maximum Gasteiger partial charge on any atom is 0.415 e. The van der Waals surface area contributed by atoms with Crippen molar-refractivity contribution in [2.45, 2.75) is 81.9 Å². The lowest BCUT2D eigenvalue weighted by Crippen LogP contribution is -2.70. The quantitative estimate of drug-likeness (QED) is 0.137. The minimum atomic E-state index is -0.533. The second-order valence-corrected chi connectivity index (χ2v) is 13.3. The number of piperidine rings is 1. The van der Waals surface area contributed by atoms with Crippen molar-refractivity contribution in [3.63, 3.8) is 0 Å². The van der Waals surface area contributed by atoms with Gasteiger partial charge in [-0.3, -0.25) is 14.6 Å². The molecule has 2 fully saturated rings. The zero-order valence-electron chi connectivity index (χ0n) is 25.5. The Hall–Kier alpha value is -2.32. The van der Waals surface area contributed by atoms with Gasteiger partial charge in [0.15, 0.2) is 29.3 Å². The number of guanidine groups is 1. The Bertz CT molecular complexity index is 1300. The molecule has 43 heavy (non-hydrogen) atoms. The first-order valence-electron chi connectivity index (χ1n) is 15.3. The number of benzene rings is 1. The second-order valence-electron chi connectivity index (χ2n) is 12.6. The van der Waals surface area contributed by atoms with E-state index in [1.54, 1.807) is 7.05 Å². The summed E-state index contributed by atoms with van der Waals surface area (Å²) in [4.78, 5) is 47.5. The van der Waals surface area contributed by atoms with Crippen LogP contribution in [0.3, 0.4) is 0 Å². The Morgan fingerprint density at radius 2 is 2.12 bits per heavy atom. The van der Waals surface area contributed by atoms with Gasteiger partial charge in [-0.1, -0.05) is 13.0 Å². The number of carbonyl (C=O) groups is 3. The summed E-state index contributed by atoms with van der Waals surface area (Å²) in [6.07, 6.45) is 4.90. The molecule has 2 aliphatic carbocycles. The van der Waals surface area contributed by atoms with Gasteiger partial charge in [0.25, 0.3) is 0 Å². The van der Waals surface area contributed by atoms with Crippen LogP contribution in [0.4, 0.5) is 4.79 Å². The van der Waals surface area contributed by atoms with Gasteiger partial charge in [0.05, 0.1) is 11.5 Å². The van der Waals surface area contributed by atoms with Gasteiger partial charge < -0.3 is 35.4 Å². The largest absolute Gasteiger partial charge is 0.477 e. The van der Waals surface area contributed by atoms with Gasteiger partial charge in [-0.2, -0.15) is 0 Å². The van der Waals surface area contributed by atoms with E-state index in [0.717, 1.165) is 37.8 Å². The number of aliphatic imine (C=N–C) groups is 1. The van der Waals surface area contributed by atoms with Crippen molar-refractivity contribution in [1.82, 2.24) is 20.2 Å². The van der Waals surface area contributed by atoms with E-state index < -0.39 is 12.2 Å². The number of hydrogen-bond acceptors (Lipinski definition) is 8. The molecule has 13 heteroatoms. The molecule has 1 saturated heterocycles. The van der Waals surface area contributed by atoms with Crippen molar-refractivity contribution in [3.8, 4) is 11.5 Å². The van der Waals surface area contributed by atoms with Crippen LogP contribution in [0, 0.1) is 5.41 Å². The molecule has 2 unspecified atom stereocenters. The molecule has 1 saturated carbocycles. The van der Waals surface area contributed by atoms with Crippen LogP contribution < -0.4 is 25.6 Å². The average Bonchev–Trinajstić information content (AvgIpc) is 3.35. The normalized spacial score (nSPS) is 28.1. The van der Waals surface area contributed by atoms with Gasteiger partial charge in [0.1, 0.15) is 5.78 Å². The summed E-state index contributed by atoms with van der Waals surface area (Å²) in [7, 11) is 8.75. The molecule has 7 atom stereocenters. The van der Waals surface area contributed by atoms with E-state index in [0.29, 0.717) is 68.6 Å². The van der Waals surface area contributed by atoms with Gasteiger partial charge in [-0.05, 0) is 78.6 Å². The van der Waals surface area contributed by atoms with Gasteiger partial charge in [0, 0.05) is 50.9 Å². The third kappa shape index (κ3) is 5.67. The maximum absolute atomic E-state index is 13.3. The molecule has 5 rings (SSSR count). The number of nitrogens with zero attached hydrogens (tertiary/aromatic N) is 3. The summed E-state index contributed by atoms with van der Waals surface area (Å²) in [6, 6.07) is 3.93. The highest BCUT2D eigenvalue weighted by atomic mass is 31.0. The summed E-state index contributed by atoms with van der Waals surface area (Å²) in [5.74, 6) is 1.53. The number of likely N-dealkylation sites (tertiary alicyclic amines) is 1. The van der Waals surface area contributed by atoms with Crippen molar-refractivity contribution in [2.75, 3.05) is 40.0 Å². The first kappa shape index (κ1) is 32.1. The molecule has 2 bridgehead atoms. The lowest BCUT2D eigenvalue weighted by atomic mass is 9.44. The predicted octanol–water partition coefficient (Wildman–Crippen LogP) is 2.36. The van der Waals surface area contributed by atoms with E-state index >= 15 is 0 Å². The fourth-order valence-electron chi connectivity index (χ4n) is 8.05. The summed E-state index contributed by atoms with van der Waals surface area (Å²) in [5, 5.41) is 5.93. The van der Waals surface area contributed by atoms with Crippen LogP contribution in [0.25, 0.3) is 0 Å². The molecule has 4 aliphatic rings. The summed E-state index contributed by atoms with van der Waals surface area (Å²) < 4.78 is 12.4. The van der Waals surface area contributed by atoms with E-state index in [1.807, 2.05) is 6.07 Å². The smallest absolute Gasteiger partial charge is 0.415 e. The monoisotopic (exact) mass is 632 g/mol. The minimum absolute atomic E-state index is 0.0849. The van der Waals surface area contributed by atoms with Crippen LogP contribution >= 0.6 is 18.6 Å². The third-order valence-electron chi connectivity index (χ3n) is 10.3. The number of hydrogen-bond donors (Lipinski definition) is 3. The first-order valence-corrected chi connectivity index (χ1v) is 16.7. The van der Waals surface area contributed by atoms with Crippen molar-refractivity contribution in [2.24, 2.45) is 16.1 Å². The standard InChI is InChI=1S/C30H46N6O5P2/c1-29-11-10-21(38)26-30(29)12-15-35(2)23(29)16-18-8-9-22(25(41-26)24(18)30)40-28(39)36(3)14-5-7-20(37)19(33-17-42)6-4-13-32-27(31)34-43/h8-9,19,23,26,33H,4-7,10-17,42-43H2,1-3H3,(H3,31,32,34)/t19-,23+,26-,29-,30-/m0/s1. The molecule has 1 spiro atoms. The predicted molar refractivity (Wildman–Crippen MR) is 173 cm³/mol. The summed E-state index contributed by atoms with van der Waals surface area (Å²) >= 11 is 0. The molecular weight excluding hydrogens is 586 g/mol. The first-order chi connectivity index (χ1) is 20.6. The Morgan fingerprint density at radius 1 is 1.33 bits per heavy atom. The van der Waals surface area contributed by atoms with E-state index in [4.69, 9.17) is 15.2 Å². The average molecular weight is 633 g/mol. The molecule has 0 radical (unpaired) electrons. The minimum Gasteiger partial charge on any atom is -0.477 e. The fraction of sp³-hybridized carbons (Fsp3) is 0.667.